The summed E-state index contributed by atoms with van der Waals surface area (Å²) in [7, 11) is 0. The molecule has 20 heavy (non-hydrogen) atoms. The second kappa shape index (κ2) is 5.66. The molecular formula is C15H12F2OS2. The number of carbonyl (C=O) groups is 1. The van der Waals surface area contributed by atoms with E-state index in [0.29, 0.717) is 4.88 Å². The van der Waals surface area contributed by atoms with Crippen LogP contribution in [0.25, 0.3) is 0 Å². The van der Waals surface area contributed by atoms with Gasteiger partial charge in [-0.3, -0.25) is 4.79 Å². The van der Waals surface area contributed by atoms with E-state index < -0.39 is 11.6 Å². The average molecular weight is 310 g/mol. The van der Waals surface area contributed by atoms with Gasteiger partial charge in [-0.15, -0.1) is 11.3 Å². The number of halogens is 2. The Kier molecular flexibility index (Phi) is 3.89. The third-order valence-electron chi connectivity index (χ3n) is 3.30. The average Bonchev–Trinajstić information content (AvgIpc) is 2.87. The molecule has 0 amide bonds. The molecule has 0 radical (unpaired) electrons. The molecule has 1 aromatic carbocycles. The Balaban J connectivity index is 1.84. The minimum Gasteiger partial charge on any atom is -0.293 e. The molecule has 5 heteroatoms. The van der Waals surface area contributed by atoms with E-state index in [9.17, 15) is 13.6 Å². The first kappa shape index (κ1) is 13.8. The van der Waals surface area contributed by atoms with Crippen molar-refractivity contribution in [3.8, 4) is 0 Å². The molecule has 0 atom stereocenters. The monoisotopic (exact) mass is 310 g/mol. The van der Waals surface area contributed by atoms with Gasteiger partial charge in [0.25, 0.3) is 0 Å². The number of aryl methyl sites for hydroxylation is 1. The van der Waals surface area contributed by atoms with Gasteiger partial charge in [0.1, 0.15) is 11.6 Å². The molecule has 1 aliphatic heterocycles. The lowest BCUT2D eigenvalue weighted by atomic mass is 10.1. The molecule has 0 saturated carbocycles. The number of rotatable bonds is 3. The highest BCUT2D eigenvalue weighted by atomic mass is 32.2. The Hall–Kier alpha value is -1.20. The fourth-order valence-electron chi connectivity index (χ4n) is 2.23. The third-order valence-corrected chi connectivity index (χ3v) is 5.59. The van der Waals surface area contributed by atoms with Crippen LogP contribution < -0.4 is 0 Å². The van der Waals surface area contributed by atoms with Gasteiger partial charge in [0.05, 0.1) is 4.88 Å². The van der Waals surface area contributed by atoms with Crippen LogP contribution in [0.1, 0.15) is 25.7 Å². The van der Waals surface area contributed by atoms with E-state index in [1.54, 1.807) is 0 Å². The zero-order valence-electron chi connectivity index (χ0n) is 10.6. The Morgan fingerprint density at radius 2 is 2.00 bits per heavy atom. The maximum atomic E-state index is 13.6. The molecule has 3 rings (SSSR count). The highest BCUT2D eigenvalue weighted by Gasteiger charge is 2.20. The van der Waals surface area contributed by atoms with E-state index in [0.717, 1.165) is 17.9 Å². The van der Waals surface area contributed by atoms with Crippen LogP contribution in [0.4, 0.5) is 8.78 Å². The first-order valence-electron chi connectivity index (χ1n) is 6.30. The van der Waals surface area contributed by atoms with Crippen LogP contribution in [-0.2, 0) is 18.6 Å². The molecule has 0 N–H and O–H groups in total. The molecule has 2 aromatic rings. The van der Waals surface area contributed by atoms with Gasteiger partial charge in [0.2, 0.25) is 0 Å². The maximum Gasteiger partial charge on any atom is 0.177 e. The van der Waals surface area contributed by atoms with Gasteiger partial charge in [0.15, 0.2) is 5.78 Å². The third kappa shape index (κ3) is 2.65. The topological polar surface area (TPSA) is 17.1 Å². The van der Waals surface area contributed by atoms with Crippen molar-refractivity contribution in [2.45, 2.75) is 18.6 Å². The summed E-state index contributed by atoms with van der Waals surface area (Å²) in [6, 6.07) is 5.55. The molecule has 0 saturated heterocycles. The van der Waals surface area contributed by atoms with Crippen molar-refractivity contribution < 1.29 is 13.6 Å². The first-order valence-corrected chi connectivity index (χ1v) is 8.27. The molecule has 0 fully saturated rings. The largest absolute Gasteiger partial charge is 0.293 e. The number of thioether (sulfide) groups is 1. The summed E-state index contributed by atoms with van der Waals surface area (Å²) in [5.41, 5.74) is 1.06. The van der Waals surface area contributed by atoms with Gasteiger partial charge >= 0.3 is 0 Å². The van der Waals surface area contributed by atoms with E-state index in [4.69, 9.17) is 0 Å². The Morgan fingerprint density at radius 3 is 2.70 bits per heavy atom. The van der Waals surface area contributed by atoms with Crippen LogP contribution in [0.5, 0.6) is 0 Å². The highest BCUT2D eigenvalue weighted by molar-refractivity contribution is 7.98. The SMILES string of the molecule is O=C(Cc1c(F)cccc1F)c1cc2c(s1)CCSC2. The molecule has 0 spiro atoms. The Bertz CT molecular complexity index is 620. The van der Waals surface area contributed by atoms with Gasteiger partial charge in [0, 0.05) is 22.6 Å². The zero-order chi connectivity index (χ0) is 14.1. The van der Waals surface area contributed by atoms with E-state index >= 15 is 0 Å². The second-order valence-electron chi connectivity index (χ2n) is 4.66. The van der Waals surface area contributed by atoms with Crippen molar-refractivity contribution in [2.75, 3.05) is 5.75 Å². The molecule has 1 nitrogen and oxygen atoms in total. The van der Waals surface area contributed by atoms with Gasteiger partial charge in [-0.05, 0) is 35.9 Å². The normalized spacial score (nSPS) is 14.1. The van der Waals surface area contributed by atoms with Crippen LogP contribution in [0.3, 0.4) is 0 Å². The van der Waals surface area contributed by atoms with Crippen LogP contribution in [0.15, 0.2) is 24.3 Å². The Morgan fingerprint density at radius 1 is 1.25 bits per heavy atom. The molecular weight excluding hydrogens is 298 g/mol. The van der Waals surface area contributed by atoms with Gasteiger partial charge in [-0.25, -0.2) is 8.78 Å². The molecule has 2 heterocycles. The van der Waals surface area contributed by atoms with E-state index in [2.05, 4.69) is 0 Å². The number of thiophene rings is 1. The van der Waals surface area contributed by atoms with Gasteiger partial charge in [-0.2, -0.15) is 11.8 Å². The predicted octanol–water partition coefficient (Wildman–Crippen LogP) is 4.24. The number of fused-ring (bicyclic) bond motifs is 1. The standard InChI is InChI=1S/C15H12F2OS2/c16-11-2-1-3-12(17)10(11)7-13(18)15-6-9-8-19-5-4-14(9)20-15/h1-3,6H,4-5,7-8H2. The van der Waals surface area contributed by atoms with Crippen LogP contribution in [-0.4, -0.2) is 11.5 Å². The van der Waals surface area contributed by atoms with Crippen LogP contribution in [0, 0.1) is 11.6 Å². The van der Waals surface area contributed by atoms with Crippen LogP contribution >= 0.6 is 23.1 Å². The van der Waals surface area contributed by atoms with Crippen molar-refractivity contribution in [3.63, 3.8) is 0 Å². The predicted molar refractivity (Wildman–Crippen MR) is 78.6 cm³/mol. The van der Waals surface area contributed by atoms with Crippen molar-refractivity contribution in [1.29, 1.82) is 0 Å². The molecule has 1 aliphatic rings. The van der Waals surface area contributed by atoms with E-state index in [-0.39, 0.29) is 17.8 Å². The smallest absolute Gasteiger partial charge is 0.177 e. The quantitative estimate of drug-likeness (QED) is 0.789. The molecule has 0 unspecified atom stereocenters. The van der Waals surface area contributed by atoms with Crippen molar-refractivity contribution in [2.24, 2.45) is 0 Å². The summed E-state index contributed by atoms with van der Waals surface area (Å²) in [4.78, 5) is 14.1. The summed E-state index contributed by atoms with van der Waals surface area (Å²) >= 11 is 3.31. The molecule has 0 bridgehead atoms. The molecule has 1 aromatic heterocycles. The van der Waals surface area contributed by atoms with Crippen molar-refractivity contribution in [3.05, 3.63) is 56.8 Å². The zero-order valence-corrected chi connectivity index (χ0v) is 12.3. The number of hydrogen-bond donors (Lipinski definition) is 0. The first-order chi connectivity index (χ1) is 9.65. The minimum atomic E-state index is -0.657. The summed E-state index contributed by atoms with van der Waals surface area (Å²) in [6.07, 6.45) is 0.761. The van der Waals surface area contributed by atoms with Gasteiger partial charge in [-0.1, -0.05) is 6.07 Å². The van der Waals surface area contributed by atoms with E-state index in [1.807, 2.05) is 17.8 Å². The Labute approximate surface area is 124 Å². The summed E-state index contributed by atoms with van der Waals surface area (Å²) < 4.78 is 27.1. The molecule has 0 aliphatic carbocycles. The summed E-state index contributed by atoms with van der Waals surface area (Å²) in [5, 5.41) is 0. The number of hydrogen-bond acceptors (Lipinski definition) is 3. The lowest BCUT2D eigenvalue weighted by Crippen LogP contribution is -2.05. The number of ketones is 1. The second-order valence-corrected chi connectivity index (χ2v) is 6.90. The minimum absolute atomic E-state index is 0.141. The maximum absolute atomic E-state index is 13.6. The fourth-order valence-corrected chi connectivity index (χ4v) is 4.54. The van der Waals surface area contributed by atoms with Crippen molar-refractivity contribution in [1.82, 2.24) is 0 Å². The van der Waals surface area contributed by atoms with E-state index in [1.165, 1.54) is 40.0 Å². The summed E-state index contributed by atoms with van der Waals surface area (Å²) in [5.74, 6) is 0.472. The lowest BCUT2D eigenvalue weighted by Gasteiger charge is -2.08. The lowest BCUT2D eigenvalue weighted by molar-refractivity contribution is 0.0994. The van der Waals surface area contributed by atoms with Crippen molar-refractivity contribution >= 4 is 28.9 Å². The van der Waals surface area contributed by atoms with Crippen LogP contribution in [0.2, 0.25) is 0 Å². The highest BCUT2D eigenvalue weighted by Crippen LogP contribution is 2.32. The number of Topliss-reactive ketones (excluding diaryl/α,β-unsaturated/α-hetero) is 1. The summed E-state index contributed by atoms with van der Waals surface area (Å²) in [6.45, 7) is 0. The number of benzene rings is 1. The van der Waals surface area contributed by atoms with Gasteiger partial charge < -0.3 is 0 Å². The molecule has 104 valence electrons. The fraction of sp³-hybridized carbons (Fsp3) is 0.267. The number of carbonyl (C=O) groups excluding carboxylic acids is 1.